The van der Waals surface area contributed by atoms with E-state index in [0.29, 0.717) is 30.0 Å². The first-order chi connectivity index (χ1) is 23.8. The number of nitrogens with one attached hydrogen (secondary N) is 1. The summed E-state index contributed by atoms with van der Waals surface area (Å²) in [5, 5.41) is 22.0. The van der Waals surface area contributed by atoms with Crippen LogP contribution in [-0.2, 0) is 23.8 Å². The fraction of sp³-hybridized carbons (Fsp3) is 0.350. The average molecular weight is 665 g/mol. The molecule has 0 saturated carbocycles. The van der Waals surface area contributed by atoms with Crippen LogP contribution in [0.25, 0.3) is 0 Å². The topological polar surface area (TPSA) is 135 Å². The Morgan fingerprint density at radius 1 is 0.837 bits per heavy atom. The maximum Gasteiger partial charge on any atom is 0.336 e. The first kappa shape index (κ1) is 36.6. The van der Waals surface area contributed by atoms with E-state index in [1.165, 1.54) is 12.1 Å². The highest BCUT2D eigenvalue weighted by molar-refractivity contribution is 6.00. The number of carboxylic acids is 1. The Balaban J connectivity index is 1.70. The van der Waals surface area contributed by atoms with Gasteiger partial charge in [-0.15, -0.1) is 0 Å². The summed E-state index contributed by atoms with van der Waals surface area (Å²) in [6.45, 7) is 4.31. The second-order valence-corrected chi connectivity index (χ2v) is 11.9. The minimum Gasteiger partial charge on any atom is -0.478 e. The van der Waals surface area contributed by atoms with Crippen LogP contribution in [0.2, 0.25) is 0 Å². The third-order valence-electron chi connectivity index (χ3n) is 8.43. The van der Waals surface area contributed by atoms with E-state index in [9.17, 15) is 19.5 Å². The number of ether oxygens (including phenoxy) is 3. The van der Waals surface area contributed by atoms with Crippen LogP contribution in [0.5, 0.6) is 0 Å². The molecule has 0 aliphatic carbocycles. The van der Waals surface area contributed by atoms with Gasteiger partial charge in [0.15, 0.2) is 0 Å². The Labute approximate surface area is 288 Å². The predicted molar refractivity (Wildman–Crippen MR) is 185 cm³/mol. The lowest BCUT2D eigenvalue weighted by Crippen LogP contribution is -2.35. The van der Waals surface area contributed by atoms with E-state index >= 15 is 0 Å². The normalized spacial score (nSPS) is 14.3. The number of hydrogen-bond acceptors (Lipinski definition) is 8. The van der Waals surface area contributed by atoms with Gasteiger partial charge in [-0.2, -0.15) is 5.26 Å². The van der Waals surface area contributed by atoms with Gasteiger partial charge >= 0.3 is 17.9 Å². The zero-order chi connectivity index (χ0) is 35.0. The molecule has 1 atom stereocenters. The van der Waals surface area contributed by atoms with Crippen molar-refractivity contribution in [1.82, 2.24) is 5.32 Å². The molecule has 9 heteroatoms. The third-order valence-corrected chi connectivity index (χ3v) is 8.43. The highest BCUT2D eigenvalue weighted by atomic mass is 16.5. The largest absolute Gasteiger partial charge is 0.478 e. The molecule has 9 nitrogen and oxygen atoms in total. The molecule has 0 fully saturated rings. The molecule has 2 N–H and O–H groups in total. The summed E-state index contributed by atoms with van der Waals surface area (Å²) in [4.78, 5) is 39.8. The fourth-order valence-electron chi connectivity index (χ4n) is 6.02. The molecular formula is C40H44N2O7. The molecule has 0 radical (unpaired) electrons. The van der Waals surface area contributed by atoms with E-state index in [1.54, 1.807) is 19.1 Å². The molecule has 1 aliphatic heterocycles. The Bertz CT molecular complexity index is 1640. The van der Waals surface area contributed by atoms with Gasteiger partial charge in [0.05, 0.1) is 54.0 Å². The number of unbranched alkanes of at least 4 members (excludes halogenated alkanes) is 3. The quantitative estimate of drug-likeness (QED) is 0.105. The van der Waals surface area contributed by atoms with Gasteiger partial charge in [-0.1, -0.05) is 99.0 Å². The molecule has 4 rings (SSSR count). The van der Waals surface area contributed by atoms with Crippen molar-refractivity contribution in [2.24, 2.45) is 0 Å². The monoisotopic (exact) mass is 664 g/mol. The van der Waals surface area contributed by atoms with E-state index in [2.05, 4.69) is 12.2 Å². The van der Waals surface area contributed by atoms with Crippen molar-refractivity contribution in [1.29, 1.82) is 5.26 Å². The number of carbonyl (C=O) groups excluding carboxylic acids is 2. The molecular weight excluding hydrogens is 620 g/mol. The molecule has 0 saturated heterocycles. The predicted octanol–water partition coefficient (Wildman–Crippen LogP) is 7.42. The van der Waals surface area contributed by atoms with Crippen LogP contribution in [-0.4, -0.2) is 49.4 Å². The first-order valence-electron chi connectivity index (χ1n) is 16.8. The van der Waals surface area contributed by atoms with E-state index in [0.717, 1.165) is 36.8 Å². The highest BCUT2D eigenvalue weighted by Gasteiger charge is 2.39. The van der Waals surface area contributed by atoms with Crippen LogP contribution in [0.15, 0.2) is 107 Å². The Morgan fingerprint density at radius 3 is 2.12 bits per heavy atom. The number of carbonyl (C=O) groups is 3. The number of carboxylic acid groups (broad SMARTS) is 1. The second kappa shape index (κ2) is 19.0. The van der Waals surface area contributed by atoms with Crippen molar-refractivity contribution in [2.45, 2.75) is 64.2 Å². The molecule has 1 heterocycles. The number of allylic oxidation sites excluding steroid dienone is 1. The molecule has 0 amide bonds. The highest BCUT2D eigenvalue weighted by Crippen LogP contribution is 2.40. The fourth-order valence-corrected chi connectivity index (χ4v) is 6.02. The van der Waals surface area contributed by atoms with Crippen molar-refractivity contribution < 1.29 is 33.7 Å². The Hall–Kier alpha value is -5.20. The van der Waals surface area contributed by atoms with E-state index in [1.807, 2.05) is 66.7 Å². The zero-order valence-electron chi connectivity index (χ0n) is 28.2. The number of esters is 2. The van der Waals surface area contributed by atoms with Crippen LogP contribution in [0.3, 0.4) is 0 Å². The zero-order valence-corrected chi connectivity index (χ0v) is 28.2. The molecule has 0 spiro atoms. The van der Waals surface area contributed by atoms with Gasteiger partial charge in [-0.05, 0) is 48.6 Å². The Morgan fingerprint density at radius 2 is 1.49 bits per heavy atom. The number of aromatic carboxylic acids is 1. The standard InChI is InChI=1S/C40H44N2O7/c1-3-4-5-12-23-47-27-34-37(40(46)49-25-21-33(29-15-8-6-9-16-29)30-17-10-7-11-18-30)36(31-19-13-20-32(26-31)38(43)44)35(28(2)42-34)39(45)48-24-14-22-41/h6-11,13,15-20,26,33,36,42H,3-5,12,14,21,23-25,27H2,1-2H3,(H,43,44). The van der Waals surface area contributed by atoms with Gasteiger partial charge in [0.25, 0.3) is 0 Å². The molecule has 49 heavy (non-hydrogen) atoms. The van der Waals surface area contributed by atoms with Gasteiger partial charge in [-0.3, -0.25) is 0 Å². The minimum atomic E-state index is -1.15. The number of rotatable bonds is 18. The summed E-state index contributed by atoms with van der Waals surface area (Å²) in [5.74, 6) is -3.57. The van der Waals surface area contributed by atoms with Gasteiger partial charge < -0.3 is 24.6 Å². The maximum absolute atomic E-state index is 14.3. The van der Waals surface area contributed by atoms with Gasteiger partial charge in [0.2, 0.25) is 0 Å². The maximum atomic E-state index is 14.3. The molecule has 0 bridgehead atoms. The number of nitrogens with zero attached hydrogens (tertiary/aromatic N) is 1. The molecule has 0 aromatic heterocycles. The lowest BCUT2D eigenvalue weighted by atomic mass is 9.79. The van der Waals surface area contributed by atoms with Crippen molar-refractivity contribution in [3.8, 4) is 6.07 Å². The van der Waals surface area contributed by atoms with Crippen LogP contribution >= 0.6 is 0 Å². The summed E-state index contributed by atoms with van der Waals surface area (Å²) in [6.07, 6.45) is 4.56. The second-order valence-electron chi connectivity index (χ2n) is 11.9. The van der Waals surface area contributed by atoms with E-state index in [-0.39, 0.29) is 48.9 Å². The van der Waals surface area contributed by atoms with Gasteiger partial charge in [0, 0.05) is 18.2 Å². The van der Waals surface area contributed by atoms with Crippen LogP contribution < -0.4 is 5.32 Å². The molecule has 256 valence electrons. The van der Waals surface area contributed by atoms with Crippen molar-refractivity contribution in [3.63, 3.8) is 0 Å². The molecule has 3 aromatic carbocycles. The summed E-state index contributed by atoms with van der Waals surface area (Å²) in [6, 6.07) is 28.1. The van der Waals surface area contributed by atoms with Crippen molar-refractivity contribution in [2.75, 3.05) is 26.4 Å². The average Bonchev–Trinajstić information content (AvgIpc) is 3.12. The molecule has 1 aliphatic rings. The van der Waals surface area contributed by atoms with Gasteiger partial charge in [-0.25, -0.2) is 14.4 Å². The summed E-state index contributed by atoms with van der Waals surface area (Å²) < 4.78 is 17.5. The number of nitriles is 1. The van der Waals surface area contributed by atoms with E-state index in [4.69, 9.17) is 19.5 Å². The first-order valence-corrected chi connectivity index (χ1v) is 16.8. The molecule has 1 unspecified atom stereocenters. The Kier molecular flexibility index (Phi) is 14.2. The minimum absolute atomic E-state index is 0.000823. The summed E-state index contributed by atoms with van der Waals surface area (Å²) in [5.41, 5.74) is 3.72. The third kappa shape index (κ3) is 10.1. The van der Waals surface area contributed by atoms with E-state index < -0.39 is 23.8 Å². The summed E-state index contributed by atoms with van der Waals surface area (Å²) in [7, 11) is 0. The molecule has 3 aromatic rings. The number of hydrogen-bond donors (Lipinski definition) is 2. The van der Waals surface area contributed by atoms with Crippen LogP contribution in [0, 0.1) is 11.3 Å². The number of dihydropyridines is 1. The lowest BCUT2D eigenvalue weighted by molar-refractivity contribution is -0.140. The van der Waals surface area contributed by atoms with Gasteiger partial charge in [0.1, 0.15) is 6.61 Å². The van der Waals surface area contributed by atoms with Crippen LogP contribution in [0.1, 0.15) is 91.3 Å². The van der Waals surface area contributed by atoms with Crippen molar-refractivity contribution in [3.05, 3.63) is 130 Å². The van der Waals surface area contributed by atoms with Crippen LogP contribution in [0.4, 0.5) is 0 Å². The number of benzene rings is 3. The van der Waals surface area contributed by atoms with Crippen molar-refractivity contribution >= 4 is 17.9 Å². The summed E-state index contributed by atoms with van der Waals surface area (Å²) >= 11 is 0. The SMILES string of the molecule is CCCCCCOCC1=C(C(=O)OCCC(c2ccccc2)c2ccccc2)C(c2cccc(C(=O)O)c2)C(C(=O)OCCC#N)=C(C)N1. The lowest BCUT2D eigenvalue weighted by Gasteiger charge is -2.32. The smallest absolute Gasteiger partial charge is 0.336 e.